The second-order valence-electron chi connectivity index (χ2n) is 16.2. The highest BCUT2D eigenvalue weighted by Crippen LogP contribution is 2.69. The molecule has 7 aromatic carbocycles. The number of hydrogen-bond donors (Lipinski definition) is 0. The SMILES string of the molecule is c1ccc(-c2ccc(N(c3ccc4c(c3)C3(c5ccccc5-4)C4CC5CC(C4)CC3C5)c3ccc(-c4ccccc4)cc3-c3ccccc3)cc2)cc1. The summed E-state index contributed by atoms with van der Waals surface area (Å²) in [6.07, 6.45) is 7.00. The maximum atomic E-state index is 2.63. The summed E-state index contributed by atoms with van der Waals surface area (Å²) < 4.78 is 0. The van der Waals surface area contributed by atoms with Gasteiger partial charge < -0.3 is 4.90 Å². The van der Waals surface area contributed by atoms with Crippen molar-refractivity contribution in [2.75, 3.05) is 4.90 Å². The van der Waals surface area contributed by atoms with Gasteiger partial charge in [0.15, 0.2) is 0 Å². The van der Waals surface area contributed by atoms with Crippen LogP contribution >= 0.6 is 0 Å². The highest BCUT2D eigenvalue weighted by atomic mass is 15.1. The van der Waals surface area contributed by atoms with Gasteiger partial charge in [-0.2, -0.15) is 0 Å². The van der Waals surface area contributed by atoms with Crippen molar-refractivity contribution in [3.8, 4) is 44.5 Å². The average molecular weight is 682 g/mol. The van der Waals surface area contributed by atoms with Crippen LogP contribution in [-0.2, 0) is 5.41 Å². The number of benzene rings is 7. The molecular weight excluding hydrogens is 639 g/mol. The Morgan fingerprint density at radius 1 is 0.358 bits per heavy atom. The molecule has 0 radical (unpaired) electrons. The first kappa shape index (κ1) is 30.9. The van der Waals surface area contributed by atoms with Crippen molar-refractivity contribution in [2.24, 2.45) is 23.7 Å². The Labute approximate surface area is 313 Å². The molecule has 4 bridgehead atoms. The van der Waals surface area contributed by atoms with E-state index < -0.39 is 0 Å². The number of anilines is 3. The highest BCUT2D eigenvalue weighted by molar-refractivity contribution is 5.93. The molecule has 53 heavy (non-hydrogen) atoms. The fraction of sp³-hybridized carbons (Fsp3) is 0.192. The van der Waals surface area contributed by atoms with Gasteiger partial charge in [0.2, 0.25) is 0 Å². The van der Waals surface area contributed by atoms with Crippen molar-refractivity contribution < 1.29 is 0 Å². The summed E-state index contributed by atoms with van der Waals surface area (Å²) in [5.74, 6) is 3.28. The predicted molar refractivity (Wildman–Crippen MR) is 221 cm³/mol. The van der Waals surface area contributed by atoms with Crippen molar-refractivity contribution in [3.63, 3.8) is 0 Å². The maximum Gasteiger partial charge on any atom is 0.0540 e. The van der Waals surface area contributed by atoms with E-state index in [1.807, 2.05) is 0 Å². The van der Waals surface area contributed by atoms with E-state index in [0.29, 0.717) is 0 Å². The van der Waals surface area contributed by atoms with Crippen LogP contribution in [0, 0.1) is 23.7 Å². The summed E-state index contributed by atoms with van der Waals surface area (Å²) >= 11 is 0. The van der Waals surface area contributed by atoms with E-state index in [-0.39, 0.29) is 5.41 Å². The lowest BCUT2D eigenvalue weighted by atomic mass is 9.43. The third-order valence-electron chi connectivity index (χ3n) is 13.5. The zero-order chi connectivity index (χ0) is 34.9. The van der Waals surface area contributed by atoms with E-state index >= 15 is 0 Å². The fourth-order valence-electron chi connectivity index (χ4n) is 11.5. The predicted octanol–water partition coefficient (Wildman–Crippen LogP) is 13.9. The van der Waals surface area contributed by atoms with E-state index in [4.69, 9.17) is 0 Å². The molecule has 0 aliphatic heterocycles. The van der Waals surface area contributed by atoms with Crippen LogP contribution in [0.2, 0.25) is 0 Å². The number of rotatable bonds is 6. The van der Waals surface area contributed by atoms with Gasteiger partial charge in [0.1, 0.15) is 0 Å². The quantitative estimate of drug-likeness (QED) is 0.169. The monoisotopic (exact) mass is 681 g/mol. The van der Waals surface area contributed by atoms with E-state index in [1.165, 1.54) is 93.7 Å². The zero-order valence-corrected chi connectivity index (χ0v) is 30.0. The van der Waals surface area contributed by atoms with Crippen LogP contribution in [0.4, 0.5) is 17.1 Å². The molecule has 4 fully saturated rings. The molecule has 1 nitrogen and oxygen atoms in total. The van der Waals surface area contributed by atoms with Gasteiger partial charge in [0, 0.05) is 22.4 Å². The van der Waals surface area contributed by atoms with E-state index in [2.05, 4.69) is 181 Å². The molecular formula is C52H43N. The van der Waals surface area contributed by atoms with Crippen molar-refractivity contribution in [2.45, 2.75) is 37.5 Å². The lowest BCUT2D eigenvalue weighted by Crippen LogP contribution is -2.55. The second-order valence-corrected chi connectivity index (χ2v) is 16.2. The Balaban J connectivity index is 1.13. The van der Waals surface area contributed by atoms with Gasteiger partial charge in [0.05, 0.1) is 5.69 Å². The van der Waals surface area contributed by atoms with E-state index in [9.17, 15) is 0 Å². The molecule has 0 saturated heterocycles. The first-order valence-electron chi connectivity index (χ1n) is 19.7. The first-order valence-corrected chi connectivity index (χ1v) is 19.7. The molecule has 0 N–H and O–H groups in total. The minimum absolute atomic E-state index is 0.109. The molecule has 4 saturated carbocycles. The number of hydrogen-bond acceptors (Lipinski definition) is 1. The summed E-state index contributed by atoms with van der Waals surface area (Å²) in [4.78, 5) is 2.54. The van der Waals surface area contributed by atoms with E-state index in [1.54, 1.807) is 11.1 Å². The van der Waals surface area contributed by atoms with Crippen LogP contribution in [0.15, 0.2) is 176 Å². The smallest absolute Gasteiger partial charge is 0.0540 e. The topological polar surface area (TPSA) is 3.24 Å². The molecule has 0 unspecified atom stereocenters. The van der Waals surface area contributed by atoms with Crippen molar-refractivity contribution in [3.05, 3.63) is 187 Å². The van der Waals surface area contributed by atoms with E-state index in [0.717, 1.165) is 23.7 Å². The van der Waals surface area contributed by atoms with Crippen molar-refractivity contribution >= 4 is 17.1 Å². The standard InChI is InChI=1S/C52H43N/c1-4-12-37(13-5-1)39-20-23-44(24-21-39)53(51-27-22-41(38-14-6-2-7-15-38)33-48(51)40-16-8-3-9-17-40)45-25-26-47-46-18-10-11-19-49(46)52(50(47)34-45)42-29-35-28-36(31-42)32-43(52)30-35/h1-27,33-36,42-43H,28-32H2. The minimum atomic E-state index is 0.109. The molecule has 0 aromatic heterocycles. The zero-order valence-electron chi connectivity index (χ0n) is 30.0. The summed E-state index contributed by atoms with van der Waals surface area (Å²) in [5.41, 5.74) is 17.2. The third-order valence-corrected chi connectivity index (χ3v) is 13.5. The first-order chi connectivity index (χ1) is 26.2. The lowest BCUT2D eigenvalue weighted by Gasteiger charge is -2.61. The largest absolute Gasteiger partial charge is 0.310 e. The van der Waals surface area contributed by atoms with Crippen molar-refractivity contribution in [1.82, 2.24) is 0 Å². The van der Waals surface area contributed by atoms with Gasteiger partial charge in [-0.05, 0) is 142 Å². The Morgan fingerprint density at radius 2 is 0.868 bits per heavy atom. The normalized spacial score (nSPS) is 23.2. The number of fused-ring (bicyclic) bond motifs is 3. The van der Waals surface area contributed by atoms with Crippen LogP contribution in [-0.4, -0.2) is 0 Å². The van der Waals surface area contributed by atoms with Gasteiger partial charge in [-0.1, -0.05) is 140 Å². The molecule has 12 rings (SSSR count). The molecule has 0 atom stereocenters. The van der Waals surface area contributed by atoms with Crippen LogP contribution < -0.4 is 4.90 Å². The van der Waals surface area contributed by atoms with Gasteiger partial charge in [-0.25, -0.2) is 0 Å². The Morgan fingerprint density at radius 3 is 1.53 bits per heavy atom. The van der Waals surface area contributed by atoms with Crippen LogP contribution in [0.25, 0.3) is 44.5 Å². The molecule has 1 heteroatoms. The molecule has 7 aromatic rings. The van der Waals surface area contributed by atoms with Crippen molar-refractivity contribution in [1.29, 1.82) is 0 Å². The lowest BCUT2D eigenvalue weighted by molar-refractivity contribution is -0.0399. The third kappa shape index (κ3) is 4.83. The maximum absolute atomic E-state index is 2.63. The second kappa shape index (κ2) is 12.2. The molecule has 1 spiro atoms. The average Bonchev–Trinajstić information content (AvgIpc) is 3.51. The van der Waals surface area contributed by atoms with Gasteiger partial charge in [-0.3, -0.25) is 0 Å². The van der Waals surface area contributed by atoms with Gasteiger partial charge in [-0.15, -0.1) is 0 Å². The molecule has 0 heterocycles. The fourth-order valence-corrected chi connectivity index (χ4v) is 11.5. The van der Waals surface area contributed by atoms with Gasteiger partial charge >= 0.3 is 0 Å². The summed E-state index contributed by atoms with van der Waals surface area (Å²) in [7, 11) is 0. The molecule has 5 aliphatic rings. The van der Waals surface area contributed by atoms with Gasteiger partial charge in [0.25, 0.3) is 0 Å². The van der Waals surface area contributed by atoms with Crippen LogP contribution in [0.5, 0.6) is 0 Å². The van der Waals surface area contributed by atoms with Crippen LogP contribution in [0.3, 0.4) is 0 Å². The molecule has 0 amide bonds. The Kier molecular flexibility index (Phi) is 7.12. The molecule has 256 valence electrons. The number of nitrogens with zero attached hydrogens (tertiary/aromatic N) is 1. The Hall–Kier alpha value is -5.66. The van der Waals surface area contributed by atoms with Crippen LogP contribution in [0.1, 0.15) is 43.2 Å². The summed E-state index contributed by atoms with van der Waals surface area (Å²) in [5, 5.41) is 0. The molecule has 5 aliphatic carbocycles. The summed E-state index contributed by atoms with van der Waals surface area (Å²) in [6.45, 7) is 0. The minimum Gasteiger partial charge on any atom is -0.310 e. The Bertz CT molecular complexity index is 2420. The highest BCUT2D eigenvalue weighted by Gasteiger charge is 2.61. The summed E-state index contributed by atoms with van der Waals surface area (Å²) in [6, 6.07) is 65.7.